The highest BCUT2D eigenvalue weighted by Crippen LogP contribution is 2.33. The molecule has 0 spiro atoms. The fourth-order valence-electron chi connectivity index (χ4n) is 2.08. The zero-order valence-electron chi connectivity index (χ0n) is 11.5. The molecule has 3 nitrogen and oxygen atoms in total. The molecule has 0 aliphatic carbocycles. The van der Waals surface area contributed by atoms with Crippen LogP contribution in [-0.2, 0) is 0 Å². The molecule has 0 bridgehead atoms. The summed E-state index contributed by atoms with van der Waals surface area (Å²) in [5.41, 5.74) is 5.86. The van der Waals surface area contributed by atoms with Crippen molar-refractivity contribution in [2.45, 2.75) is 6.04 Å². The Bertz CT molecular complexity index is 638. The molecule has 2 rings (SSSR count). The number of rotatable bonds is 4. The molecule has 0 fully saturated rings. The molecular weight excluding hydrogens is 283 g/mol. The smallest absolute Gasteiger partial charge is 0.134 e. The van der Waals surface area contributed by atoms with Crippen LogP contribution in [0.3, 0.4) is 0 Å². The van der Waals surface area contributed by atoms with E-state index < -0.39 is 29.1 Å². The van der Waals surface area contributed by atoms with Crippen LogP contribution in [0.1, 0.15) is 17.2 Å². The van der Waals surface area contributed by atoms with E-state index in [-0.39, 0.29) is 0 Å². The lowest BCUT2D eigenvalue weighted by Crippen LogP contribution is -2.17. The number of ether oxygens (including phenoxy) is 2. The lowest BCUT2D eigenvalue weighted by atomic mass is 9.97. The van der Waals surface area contributed by atoms with Crippen molar-refractivity contribution in [2.24, 2.45) is 5.73 Å². The SMILES string of the molecule is COc1ccc(C(N)c2c(F)cc(F)cc2F)c(OC)c1. The highest BCUT2D eigenvalue weighted by Gasteiger charge is 2.22. The van der Waals surface area contributed by atoms with Gasteiger partial charge in [-0.3, -0.25) is 0 Å². The predicted molar refractivity (Wildman–Crippen MR) is 71.9 cm³/mol. The van der Waals surface area contributed by atoms with E-state index in [2.05, 4.69) is 0 Å². The maximum absolute atomic E-state index is 13.8. The van der Waals surface area contributed by atoms with Crippen LogP contribution in [0, 0.1) is 17.5 Å². The molecule has 0 amide bonds. The standard InChI is InChI=1S/C15H14F3NO2/c1-20-9-3-4-10(13(7-9)21-2)15(19)14-11(17)5-8(16)6-12(14)18/h3-7,15H,19H2,1-2H3. The maximum Gasteiger partial charge on any atom is 0.134 e. The van der Waals surface area contributed by atoms with Gasteiger partial charge in [-0.25, -0.2) is 13.2 Å². The van der Waals surface area contributed by atoms with Crippen molar-refractivity contribution < 1.29 is 22.6 Å². The summed E-state index contributed by atoms with van der Waals surface area (Å²) in [5.74, 6) is -2.24. The molecule has 0 aliphatic heterocycles. The molecule has 0 saturated heterocycles. The Balaban J connectivity index is 2.52. The Kier molecular flexibility index (Phi) is 4.37. The molecule has 0 aromatic heterocycles. The minimum atomic E-state index is -1.13. The van der Waals surface area contributed by atoms with Crippen LogP contribution in [0.4, 0.5) is 13.2 Å². The second kappa shape index (κ2) is 6.05. The van der Waals surface area contributed by atoms with Crippen LogP contribution in [0.2, 0.25) is 0 Å². The van der Waals surface area contributed by atoms with Gasteiger partial charge in [0.25, 0.3) is 0 Å². The van der Waals surface area contributed by atoms with Gasteiger partial charge in [-0.2, -0.15) is 0 Å². The third-order valence-corrected chi connectivity index (χ3v) is 3.13. The van der Waals surface area contributed by atoms with Crippen molar-refractivity contribution in [1.82, 2.24) is 0 Å². The number of hydrogen-bond donors (Lipinski definition) is 1. The zero-order chi connectivity index (χ0) is 15.6. The first-order valence-corrected chi connectivity index (χ1v) is 6.10. The molecule has 6 heteroatoms. The van der Waals surface area contributed by atoms with E-state index in [9.17, 15) is 13.2 Å². The van der Waals surface area contributed by atoms with Crippen LogP contribution in [-0.4, -0.2) is 14.2 Å². The van der Waals surface area contributed by atoms with Crippen molar-refractivity contribution in [2.75, 3.05) is 14.2 Å². The molecule has 1 atom stereocenters. The first-order chi connectivity index (χ1) is 9.97. The monoisotopic (exact) mass is 297 g/mol. The van der Waals surface area contributed by atoms with E-state index in [0.29, 0.717) is 29.2 Å². The van der Waals surface area contributed by atoms with Crippen molar-refractivity contribution in [3.8, 4) is 11.5 Å². The zero-order valence-corrected chi connectivity index (χ0v) is 11.5. The molecule has 0 heterocycles. The summed E-state index contributed by atoms with van der Waals surface area (Å²) in [5, 5.41) is 0. The first-order valence-electron chi connectivity index (χ1n) is 6.10. The van der Waals surface area contributed by atoms with E-state index >= 15 is 0 Å². The van der Waals surface area contributed by atoms with E-state index in [1.807, 2.05) is 0 Å². The Labute approximate surface area is 120 Å². The van der Waals surface area contributed by atoms with Crippen LogP contribution >= 0.6 is 0 Å². The van der Waals surface area contributed by atoms with Crippen LogP contribution in [0.25, 0.3) is 0 Å². The molecule has 2 aromatic rings. The first kappa shape index (κ1) is 15.2. The summed E-state index contributed by atoms with van der Waals surface area (Å²) >= 11 is 0. The normalized spacial score (nSPS) is 12.1. The Morgan fingerprint density at radius 2 is 1.57 bits per heavy atom. The number of benzene rings is 2. The van der Waals surface area contributed by atoms with Gasteiger partial charge in [0.05, 0.1) is 20.3 Å². The summed E-state index contributed by atoms with van der Waals surface area (Å²) in [6.45, 7) is 0. The minimum absolute atomic E-state index is 0.324. The average molecular weight is 297 g/mol. The Hall–Kier alpha value is -2.21. The predicted octanol–water partition coefficient (Wildman–Crippen LogP) is 3.17. The van der Waals surface area contributed by atoms with E-state index in [4.69, 9.17) is 15.2 Å². The van der Waals surface area contributed by atoms with Gasteiger partial charge >= 0.3 is 0 Å². The van der Waals surface area contributed by atoms with Crippen molar-refractivity contribution in [1.29, 1.82) is 0 Å². The topological polar surface area (TPSA) is 44.5 Å². The van der Waals surface area contributed by atoms with Gasteiger partial charge in [-0.05, 0) is 12.1 Å². The van der Waals surface area contributed by atoms with E-state index in [1.54, 1.807) is 18.2 Å². The summed E-state index contributed by atoms with van der Waals surface area (Å²) in [7, 11) is 2.88. The van der Waals surface area contributed by atoms with Crippen molar-refractivity contribution >= 4 is 0 Å². The number of halogens is 3. The fourth-order valence-corrected chi connectivity index (χ4v) is 2.08. The Morgan fingerprint density at radius 3 is 2.10 bits per heavy atom. The second-order valence-corrected chi connectivity index (χ2v) is 4.37. The van der Waals surface area contributed by atoms with Gasteiger partial charge in [0, 0.05) is 29.3 Å². The fraction of sp³-hybridized carbons (Fsp3) is 0.200. The quantitative estimate of drug-likeness (QED) is 0.942. The molecule has 0 radical (unpaired) electrons. The number of hydrogen-bond acceptors (Lipinski definition) is 3. The largest absolute Gasteiger partial charge is 0.497 e. The number of methoxy groups -OCH3 is 2. The highest BCUT2D eigenvalue weighted by atomic mass is 19.1. The molecular formula is C15H14F3NO2. The van der Waals surface area contributed by atoms with Crippen molar-refractivity contribution in [3.05, 3.63) is 58.9 Å². The summed E-state index contributed by atoms with van der Waals surface area (Å²) < 4.78 is 50.8. The van der Waals surface area contributed by atoms with E-state index in [1.165, 1.54) is 14.2 Å². The van der Waals surface area contributed by atoms with Crippen LogP contribution in [0.15, 0.2) is 30.3 Å². The number of nitrogens with two attached hydrogens (primary N) is 1. The third-order valence-electron chi connectivity index (χ3n) is 3.13. The van der Waals surface area contributed by atoms with Crippen LogP contribution < -0.4 is 15.2 Å². The second-order valence-electron chi connectivity index (χ2n) is 4.37. The minimum Gasteiger partial charge on any atom is -0.497 e. The van der Waals surface area contributed by atoms with Gasteiger partial charge < -0.3 is 15.2 Å². The molecule has 0 aliphatic rings. The third kappa shape index (κ3) is 2.95. The average Bonchev–Trinajstić information content (AvgIpc) is 2.45. The lowest BCUT2D eigenvalue weighted by Gasteiger charge is -2.18. The van der Waals surface area contributed by atoms with Crippen LogP contribution in [0.5, 0.6) is 11.5 Å². The molecule has 21 heavy (non-hydrogen) atoms. The molecule has 1 unspecified atom stereocenters. The molecule has 2 aromatic carbocycles. The van der Waals surface area contributed by atoms with E-state index in [0.717, 1.165) is 0 Å². The maximum atomic E-state index is 13.8. The van der Waals surface area contributed by atoms with Gasteiger partial charge in [0.1, 0.15) is 29.0 Å². The molecule has 112 valence electrons. The van der Waals surface area contributed by atoms with Gasteiger partial charge in [-0.15, -0.1) is 0 Å². The summed E-state index contributed by atoms with van der Waals surface area (Å²) in [6, 6.07) is 4.74. The highest BCUT2D eigenvalue weighted by molar-refractivity contribution is 5.46. The van der Waals surface area contributed by atoms with Gasteiger partial charge in [-0.1, -0.05) is 0 Å². The lowest BCUT2D eigenvalue weighted by molar-refractivity contribution is 0.389. The van der Waals surface area contributed by atoms with Gasteiger partial charge in [0.2, 0.25) is 0 Å². The van der Waals surface area contributed by atoms with Gasteiger partial charge in [0.15, 0.2) is 0 Å². The summed E-state index contributed by atoms with van der Waals surface area (Å²) in [4.78, 5) is 0. The summed E-state index contributed by atoms with van der Waals surface area (Å²) in [6.07, 6.45) is 0. The molecule has 2 N–H and O–H groups in total. The van der Waals surface area contributed by atoms with Crippen molar-refractivity contribution in [3.63, 3.8) is 0 Å². The Morgan fingerprint density at radius 1 is 0.952 bits per heavy atom. The molecule has 0 saturated carbocycles.